The summed E-state index contributed by atoms with van der Waals surface area (Å²) in [5, 5.41) is 19.7. The van der Waals surface area contributed by atoms with Crippen molar-refractivity contribution >= 4 is 11.8 Å². The first-order chi connectivity index (χ1) is 17.9. The van der Waals surface area contributed by atoms with Crippen molar-refractivity contribution < 1.29 is 23.2 Å². The maximum Gasteiger partial charge on any atom is 0.220 e. The topological polar surface area (TPSA) is 92.3 Å². The summed E-state index contributed by atoms with van der Waals surface area (Å²) in [7, 11) is 0. The predicted octanol–water partition coefficient (Wildman–Crippen LogP) is 5.94. The van der Waals surface area contributed by atoms with Gasteiger partial charge in [-0.25, -0.2) is 8.78 Å². The van der Waals surface area contributed by atoms with Crippen LogP contribution in [-0.4, -0.2) is 32.8 Å². The van der Waals surface area contributed by atoms with Gasteiger partial charge in [0.1, 0.15) is 29.3 Å². The Labute approximate surface area is 216 Å². The third-order valence-corrected chi connectivity index (χ3v) is 6.60. The molecule has 0 N–H and O–H groups in total. The van der Waals surface area contributed by atoms with E-state index in [0.717, 1.165) is 0 Å². The molecule has 0 aliphatic carbocycles. The molecule has 0 radical (unpaired) electrons. The predicted molar refractivity (Wildman–Crippen MR) is 135 cm³/mol. The number of thioether (sulfide) groups is 1. The van der Waals surface area contributed by atoms with Gasteiger partial charge in [0.05, 0.1) is 6.61 Å². The molecule has 0 saturated heterocycles. The standard InChI is InChI=1S/C26H24F2N4O4S/c1-3-35-24-14-18(8-13-23(24)36-16-19-6-4-5-7-22(19)28)25(15-31(33)34)37-26-30-29-17(2)32(26)21-11-9-20(27)10-12-21/h4-14,25H,3,15-16H2,1-2H3/t25-/m1/s1. The van der Waals surface area contributed by atoms with E-state index in [0.29, 0.717) is 45.9 Å². The molecule has 0 aliphatic rings. The Bertz CT molecular complexity index is 1380. The molecule has 0 spiro atoms. The van der Waals surface area contributed by atoms with Gasteiger partial charge in [0.25, 0.3) is 0 Å². The van der Waals surface area contributed by atoms with Crippen LogP contribution in [0.15, 0.2) is 71.9 Å². The molecule has 3 aromatic carbocycles. The monoisotopic (exact) mass is 526 g/mol. The zero-order valence-electron chi connectivity index (χ0n) is 20.1. The molecule has 4 aromatic rings. The van der Waals surface area contributed by atoms with E-state index in [9.17, 15) is 18.9 Å². The molecule has 37 heavy (non-hydrogen) atoms. The molecule has 0 unspecified atom stereocenters. The molecule has 4 rings (SSSR count). The van der Waals surface area contributed by atoms with Gasteiger partial charge in [-0.3, -0.25) is 14.7 Å². The van der Waals surface area contributed by atoms with E-state index >= 15 is 0 Å². The number of aryl methyl sites for hydroxylation is 1. The summed E-state index contributed by atoms with van der Waals surface area (Å²) in [5.41, 5.74) is 1.65. The number of nitro groups is 1. The van der Waals surface area contributed by atoms with Crippen LogP contribution in [0.25, 0.3) is 5.69 Å². The molecule has 8 nitrogen and oxygen atoms in total. The highest BCUT2D eigenvalue weighted by Gasteiger charge is 2.25. The third-order valence-electron chi connectivity index (χ3n) is 5.42. The molecule has 192 valence electrons. The summed E-state index contributed by atoms with van der Waals surface area (Å²) in [6.07, 6.45) is 0. The second kappa shape index (κ2) is 11.8. The van der Waals surface area contributed by atoms with E-state index in [-0.39, 0.29) is 24.8 Å². The van der Waals surface area contributed by atoms with E-state index in [2.05, 4.69) is 10.2 Å². The normalized spacial score (nSPS) is 11.8. The Balaban J connectivity index is 1.63. The third kappa shape index (κ3) is 6.42. The lowest BCUT2D eigenvalue weighted by Gasteiger charge is -2.17. The van der Waals surface area contributed by atoms with Crippen molar-refractivity contribution in [2.24, 2.45) is 0 Å². The lowest BCUT2D eigenvalue weighted by molar-refractivity contribution is -0.479. The van der Waals surface area contributed by atoms with Gasteiger partial charge in [-0.2, -0.15) is 0 Å². The van der Waals surface area contributed by atoms with E-state index in [1.165, 1.54) is 30.0 Å². The zero-order chi connectivity index (χ0) is 26.4. The average Bonchev–Trinajstić information content (AvgIpc) is 3.24. The first-order valence-electron chi connectivity index (χ1n) is 11.4. The number of hydrogen-bond acceptors (Lipinski definition) is 7. The Morgan fingerprint density at radius 1 is 1.03 bits per heavy atom. The van der Waals surface area contributed by atoms with Gasteiger partial charge < -0.3 is 9.47 Å². The van der Waals surface area contributed by atoms with Gasteiger partial charge in [-0.05, 0) is 61.9 Å². The van der Waals surface area contributed by atoms with Gasteiger partial charge in [0, 0.05) is 16.2 Å². The maximum absolute atomic E-state index is 14.0. The molecule has 1 atom stereocenters. The SMILES string of the molecule is CCOc1cc([C@@H](C[N+](=O)[O-])Sc2nnc(C)n2-c2ccc(F)cc2)ccc1OCc1ccccc1F. The van der Waals surface area contributed by atoms with Crippen molar-refractivity contribution in [2.75, 3.05) is 13.2 Å². The van der Waals surface area contributed by atoms with Crippen LogP contribution in [0.5, 0.6) is 11.5 Å². The van der Waals surface area contributed by atoms with E-state index in [1.54, 1.807) is 60.0 Å². The molecular weight excluding hydrogens is 502 g/mol. The Hall–Kier alpha value is -3.99. The highest BCUT2D eigenvalue weighted by molar-refractivity contribution is 7.99. The number of hydrogen-bond donors (Lipinski definition) is 0. The van der Waals surface area contributed by atoms with Crippen molar-refractivity contribution in [1.82, 2.24) is 14.8 Å². The summed E-state index contributed by atoms with van der Waals surface area (Å²) in [5.74, 6) is 0.585. The number of ether oxygens (including phenoxy) is 2. The molecule has 0 amide bonds. The van der Waals surface area contributed by atoms with Crippen molar-refractivity contribution in [3.05, 3.63) is 105 Å². The van der Waals surface area contributed by atoms with Crippen LogP contribution in [0, 0.1) is 28.7 Å². The second-order valence-electron chi connectivity index (χ2n) is 7.98. The second-order valence-corrected chi connectivity index (χ2v) is 9.15. The van der Waals surface area contributed by atoms with Crippen LogP contribution < -0.4 is 9.47 Å². The fourth-order valence-corrected chi connectivity index (χ4v) is 4.83. The van der Waals surface area contributed by atoms with Crippen molar-refractivity contribution in [3.8, 4) is 17.2 Å². The Morgan fingerprint density at radius 2 is 1.78 bits per heavy atom. The van der Waals surface area contributed by atoms with Crippen LogP contribution in [0.2, 0.25) is 0 Å². The molecule has 1 heterocycles. The van der Waals surface area contributed by atoms with Crippen LogP contribution in [0.4, 0.5) is 8.78 Å². The number of benzene rings is 3. The Kier molecular flexibility index (Phi) is 8.34. The largest absolute Gasteiger partial charge is 0.490 e. The molecule has 0 fully saturated rings. The summed E-state index contributed by atoms with van der Waals surface area (Å²) in [6.45, 7) is 3.51. The summed E-state index contributed by atoms with van der Waals surface area (Å²) < 4.78 is 40.7. The quantitative estimate of drug-likeness (QED) is 0.136. The molecule has 0 aliphatic heterocycles. The molecule has 0 saturated carbocycles. The molecule has 11 heteroatoms. The number of nitrogens with zero attached hydrogens (tertiary/aromatic N) is 4. The molecule has 0 bridgehead atoms. The number of rotatable bonds is 11. The summed E-state index contributed by atoms with van der Waals surface area (Å²) in [6, 6.07) is 17.2. The molecule has 1 aromatic heterocycles. The van der Waals surface area contributed by atoms with E-state index in [4.69, 9.17) is 9.47 Å². The summed E-state index contributed by atoms with van der Waals surface area (Å²) >= 11 is 1.17. The lowest BCUT2D eigenvalue weighted by atomic mass is 10.1. The maximum atomic E-state index is 14.0. The van der Waals surface area contributed by atoms with Crippen molar-refractivity contribution in [1.29, 1.82) is 0 Å². The fraction of sp³-hybridized carbons (Fsp3) is 0.231. The highest BCUT2D eigenvalue weighted by atomic mass is 32.2. The van der Waals surface area contributed by atoms with Crippen LogP contribution >= 0.6 is 11.8 Å². The Morgan fingerprint density at radius 3 is 2.49 bits per heavy atom. The van der Waals surface area contributed by atoms with Gasteiger partial charge in [0.15, 0.2) is 16.7 Å². The molecular formula is C26H24F2N4O4S. The zero-order valence-corrected chi connectivity index (χ0v) is 21.0. The number of aromatic nitrogens is 3. The highest BCUT2D eigenvalue weighted by Crippen LogP contribution is 2.39. The minimum absolute atomic E-state index is 0.000772. The number of halogens is 2. The van der Waals surface area contributed by atoms with Gasteiger partial charge >= 0.3 is 0 Å². The first kappa shape index (κ1) is 26.1. The van der Waals surface area contributed by atoms with Crippen LogP contribution in [0.3, 0.4) is 0 Å². The van der Waals surface area contributed by atoms with Crippen LogP contribution in [0.1, 0.15) is 29.1 Å². The van der Waals surface area contributed by atoms with Gasteiger partial charge in [-0.15, -0.1) is 10.2 Å². The summed E-state index contributed by atoms with van der Waals surface area (Å²) in [4.78, 5) is 11.2. The van der Waals surface area contributed by atoms with Gasteiger partial charge in [0.2, 0.25) is 6.54 Å². The van der Waals surface area contributed by atoms with E-state index in [1.807, 2.05) is 6.92 Å². The van der Waals surface area contributed by atoms with Crippen LogP contribution in [-0.2, 0) is 6.61 Å². The minimum atomic E-state index is -0.641. The minimum Gasteiger partial charge on any atom is -0.490 e. The average molecular weight is 527 g/mol. The van der Waals surface area contributed by atoms with Gasteiger partial charge in [-0.1, -0.05) is 36.0 Å². The fourth-order valence-electron chi connectivity index (χ4n) is 3.66. The van der Waals surface area contributed by atoms with Crippen molar-refractivity contribution in [3.63, 3.8) is 0 Å². The van der Waals surface area contributed by atoms with Crippen molar-refractivity contribution in [2.45, 2.75) is 30.9 Å². The smallest absolute Gasteiger partial charge is 0.220 e. The van der Waals surface area contributed by atoms with E-state index < -0.39 is 10.2 Å². The lowest BCUT2D eigenvalue weighted by Crippen LogP contribution is -2.12. The first-order valence-corrected chi connectivity index (χ1v) is 12.3.